The summed E-state index contributed by atoms with van der Waals surface area (Å²) in [5, 5.41) is 3.30. The van der Waals surface area contributed by atoms with Crippen molar-refractivity contribution >= 4 is 6.09 Å². The van der Waals surface area contributed by atoms with Gasteiger partial charge in [0.2, 0.25) is 0 Å². The topological polar surface area (TPSA) is 70.2 Å². The summed E-state index contributed by atoms with van der Waals surface area (Å²) < 4.78 is 5.41. The van der Waals surface area contributed by atoms with Gasteiger partial charge in [-0.05, 0) is 34.1 Å². The maximum atomic E-state index is 12.1. The number of nitrogens with zero attached hydrogens (tertiary/aromatic N) is 2. The van der Waals surface area contributed by atoms with Crippen molar-refractivity contribution in [1.29, 1.82) is 0 Å². The van der Waals surface area contributed by atoms with Gasteiger partial charge in [-0.15, -0.1) is 0 Å². The maximum absolute atomic E-state index is 12.1. The molecule has 1 heterocycles. The van der Waals surface area contributed by atoms with Gasteiger partial charge >= 0.3 is 6.09 Å². The molecule has 6 nitrogen and oxygen atoms in total. The highest BCUT2D eigenvalue weighted by molar-refractivity contribution is 5.68. The third-order valence-electron chi connectivity index (χ3n) is 2.77. The number of nitrogens with one attached hydrogen (secondary N) is 2. The van der Waals surface area contributed by atoms with Crippen LogP contribution in [0, 0.1) is 6.92 Å². The molecule has 0 aliphatic carbocycles. The number of aryl methyl sites for hydroxylation is 1. The molecule has 0 saturated heterocycles. The second-order valence-corrected chi connectivity index (χ2v) is 6.14. The molecule has 0 spiro atoms. The predicted octanol–water partition coefficient (Wildman–Crippen LogP) is 2.45. The smallest absolute Gasteiger partial charge is 0.410 e. The molecule has 120 valence electrons. The van der Waals surface area contributed by atoms with Crippen molar-refractivity contribution in [3.8, 4) is 0 Å². The lowest BCUT2D eigenvalue weighted by atomic mass is 10.2. The van der Waals surface area contributed by atoms with Gasteiger partial charge in [-0.2, -0.15) is 0 Å². The average molecular weight is 296 g/mol. The van der Waals surface area contributed by atoms with E-state index in [1.807, 2.05) is 33.9 Å². The summed E-state index contributed by atoms with van der Waals surface area (Å²) in [6, 6.07) is 0. The van der Waals surface area contributed by atoms with E-state index in [0.29, 0.717) is 13.1 Å². The Hall–Kier alpha value is -1.56. The first-order valence-electron chi connectivity index (χ1n) is 7.51. The molecule has 0 aliphatic rings. The van der Waals surface area contributed by atoms with Gasteiger partial charge in [0.15, 0.2) is 0 Å². The van der Waals surface area contributed by atoms with Crippen molar-refractivity contribution in [3.63, 3.8) is 0 Å². The second kappa shape index (κ2) is 8.02. The third-order valence-corrected chi connectivity index (χ3v) is 2.77. The van der Waals surface area contributed by atoms with Crippen molar-refractivity contribution in [2.45, 2.75) is 53.2 Å². The van der Waals surface area contributed by atoms with Crippen molar-refractivity contribution in [1.82, 2.24) is 20.2 Å². The summed E-state index contributed by atoms with van der Waals surface area (Å²) >= 11 is 0. The maximum Gasteiger partial charge on any atom is 0.410 e. The Morgan fingerprint density at radius 3 is 2.67 bits per heavy atom. The Balaban J connectivity index is 2.35. The van der Waals surface area contributed by atoms with Crippen LogP contribution in [0.2, 0.25) is 0 Å². The lowest BCUT2D eigenvalue weighted by Crippen LogP contribution is -2.40. The zero-order chi connectivity index (χ0) is 15.9. The van der Waals surface area contributed by atoms with Gasteiger partial charge in [0.05, 0.1) is 0 Å². The lowest BCUT2D eigenvalue weighted by Gasteiger charge is -2.27. The summed E-state index contributed by atoms with van der Waals surface area (Å²) in [7, 11) is 0. The highest BCUT2D eigenvalue weighted by Crippen LogP contribution is 2.10. The molecule has 1 rings (SSSR count). The van der Waals surface area contributed by atoms with Crippen LogP contribution in [0.15, 0.2) is 6.20 Å². The van der Waals surface area contributed by atoms with Crippen molar-refractivity contribution in [3.05, 3.63) is 17.7 Å². The zero-order valence-electron chi connectivity index (χ0n) is 13.8. The number of aromatic nitrogens is 2. The van der Waals surface area contributed by atoms with Gasteiger partial charge in [-0.25, -0.2) is 9.78 Å². The van der Waals surface area contributed by atoms with E-state index in [4.69, 9.17) is 4.74 Å². The van der Waals surface area contributed by atoms with Crippen LogP contribution in [0.3, 0.4) is 0 Å². The first-order chi connectivity index (χ1) is 9.81. The van der Waals surface area contributed by atoms with Crippen molar-refractivity contribution in [2.75, 3.05) is 19.6 Å². The van der Waals surface area contributed by atoms with Gasteiger partial charge in [-0.3, -0.25) is 0 Å². The molecular weight excluding hydrogens is 268 g/mol. The molecule has 1 aromatic rings. The Bertz CT molecular complexity index is 437. The first-order valence-corrected chi connectivity index (χ1v) is 7.51. The number of hydrogen-bond donors (Lipinski definition) is 2. The van der Waals surface area contributed by atoms with Gasteiger partial charge in [0, 0.05) is 38.1 Å². The molecule has 0 bridgehead atoms. The number of H-pyrrole nitrogens is 1. The Morgan fingerprint density at radius 2 is 2.14 bits per heavy atom. The van der Waals surface area contributed by atoms with Crippen LogP contribution < -0.4 is 5.32 Å². The number of carbonyl (C=O) groups is 1. The first kappa shape index (κ1) is 17.5. The highest BCUT2D eigenvalue weighted by atomic mass is 16.6. The Kier molecular flexibility index (Phi) is 6.68. The van der Waals surface area contributed by atoms with E-state index < -0.39 is 5.60 Å². The summed E-state index contributed by atoms with van der Waals surface area (Å²) in [5.41, 5.74) is 0.594. The van der Waals surface area contributed by atoms with E-state index in [0.717, 1.165) is 31.0 Å². The summed E-state index contributed by atoms with van der Waals surface area (Å²) in [6.45, 7) is 12.4. The molecule has 0 unspecified atom stereocenters. The van der Waals surface area contributed by atoms with Crippen LogP contribution in [-0.2, 0) is 11.3 Å². The van der Waals surface area contributed by atoms with E-state index in [2.05, 4.69) is 22.2 Å². The van der Waals surface area contributed by atoms with Crippen LogP contribution >= 0.6 is 0 Å². The van der Waals surface area contributed by atoms with E-state index >= 15 is 0 Å². The van der Waals surface area contributed by atoms with Crippen molar-refractivity contribution < 1.29 is 9.53 Å². The summed E-state index contributed by atoms with van der Waals surface area (Å²) in [5.74, 6) is 0.910. The van der Waals surface area contributed by atoms with E-state index in [1.54, 1.807) is 4.90 Å². The average Bonchev–Trinajstić information content (AvgIpc) is 2.77. The minimum atomic E-state index is -0.454. The van der Waals surface area contributed by atoms with Gasteiger partial charge in [0.25, 0.3) is 0 Å². The molecule has 0 atom stereocenters. The predicted molar refractivity (Wildman–Crippen MR) is 83.1 cm³/mol. The van der Waals surface area contributed by atoms with E-state index in [9.17, 15) is 4.79 Å². The molecule has 0 aliphatic heterocycles. The molecule has 0 saturated carbocycles. The van der Waals surface area contributed by atoms with E-state index in [-0.39, 0.29) is 6.09 Å². The summed E-state index contributed by atoms with van der Waals surface area (Å²) in [4.78, 5) is 21.1. The largest absolute Gasteiger partial charge is 0.444 e. The fraction of sp³-hybridized carbons (Fsp3) is 0.733. The Labute approximate surface area is 127 Å². The quantitative estimate of drug-likeness (QED) is 0.758. The number of imidazole rings is 1. The van der Waals surface area contributed by atoms with Gasteiger partial charge in [-0.1, -0.05) is 6.92 Å². The SMILES string of the molecule is CCCN(CCNCc1cnc(C)[nH]1)C(=O)OC(C)(C)C. The normalized spacial score (nSPS) is 11.5. The van der Waals surface area contributed by atoms with Crippen LogP contribution in [0.5, 0.6) is 0 Å². The number of amides is 1. The van der Waals surface area contributed by atoms with Crippen LogP contribution in [-0.4, -0.2) is 46.2 Å². The minimum absolute atomic E-state index is 0.247. The molecule has 0 aromatic carbocycles. The molecular formula is C15H28N4O2. The van der Waals surface area contributed by atoms with Crippen molar-refractivity contribution in [2.24, 2.45) is 0 Å². The van der Waals surface area contributed by atoms with Crippen LogP contribution in [0.25, 0.3) is 0 Å². The monoisotopic (exact) mass is 296 g/mol. The number of aromatic amines is 1. The molecule has 6 heteroatoms. The van der Waals surface area contributed by atoms with E-state index in [1.165, 1.54) is 0 Å². The minimum Gasteiger partial charge on any atom is -0.444 e. The Morgan fingerprint density at radius 1 is 1.43 bits per heavy atom. The number of ether oxygens (including phenoxy) is 1. The van der Waals surface area contributed by atoms with Gasteiger partial charge in [0.1, 0.15) is 11.4 Å². The van der Waals surface area contributed by atoms with Crippen LogP contribution in [0.1, 0.15) is 45.6 Å². The second-order valence-electron chi connectivity index (χ2n) is 6.14. The molecule has 21 heavy (non-hydrogen) atoms. The van der Waals surface area contributed by atoms with Gasteiger partial charge < -0.3 is 19.9 Å². The fourth-order valence-corrected chi connectivity index (χ4v) is 1.89. The molecule has 1 aromatic heterocycles. The fourth-order valence-electron chi connectivity index (χ4n) is 1.89. The highest BCUT2D eigenvalue weighted by Gasteiger charge is 2.21. The number of carbonyl (C=O) groups excluding carboxylic acids is 1. The lowest BCUT2D eigenvalue weighted by molar-refractivity contribution is 0.0252. The zero-order valence-corrected chi connectivity index (χ0v) is 13.8. The molecule has 1 amide bonds. The number of hydrogen-bond acceptors (Lipinski definition) is 4. The van der Waals surface area contributed by atoms with Crippen LogP contribution in [0.4, 0.5) is 4.79 Å². The third kappa shape index (κ3) is 7.13. The standard InChI is InChI=1S/C15H28N4O2/c1-6-8-19(14(20)21-15(3,4)5)9-7-16-10-13-11-17-12(2)18-13/h11,16H,6-10H2,1-5H3,(H,17,18). The molecule has 0 radical (unpaired) electrons. The molecule has 0 fully saturated rings. The summed E-state index contributed by atoms with van der Waals surface area (Å²) in [6.07, 6.45) is 2.49. The number of rotatable bonds is 7. The molecule has 2 N–H and O–H groups in total.